The Morgan fingerprint density at radius 2 is 1.62 bits per heavy atom. The number of para-hydroxylation sites is 1. The zero-order chi connectivity index (χ0) is 23.8. The summed E-state index contributed by atoms with van der Waals surface area (Å²) in [6.07, 6.45) is 0.758. The van der Waals surface area contributed by atoms with E-state index in [0.717, 1.165) is 22.6 Å². The molecule has 0 radical (unpaired) electrons. The van der Waals surface area contributed by atoms with Crippen LogP contribution in [0.5, 0.6) is 11.5 Å². The number of amides is 2. The van der Waals surface area contributed by atoms with Gasteiger partial charge in [-0.1, -0.05) is 42.5 Å². The van der Waals surface area contributed by atoms with E-state index < -0.39 is 17.6 Å². The summed E-state index contributed by atoms with van der Waals surface area (Å²) in [6.45, 7) is 0.415. The lowest BCUT2D eigenvalue weighted by Crippen LogP contribution is -2.34. The van der Waals surface area contributed by atoms with Crippen molar-refractivity contribution in [1.29, 1.82) is 0 Å². The maximum atomic E-state index is 14.4. The Labute approximate surface area is 196 Å². The molecule has 3 aromatic carbocycles. The molecule has 0 spiro atoms. The van der Waals surface area contributed by atoms with Crippen molar-refractivity contribution in [1.82, 2.24) is 4.90 Å². The molecule has 0 fully saturated rings. The number of imide groups is 1. The van der Waals surface area contributed by atoms with Crippen molar-refractivity contribution in [3.63, 3.8) is 0 Å². The molecule has 0 aliphatic carbocycles. The summed E-state index contributed by atoms with van der Waals surface area (Å²) in [7, 11) is 3.05. The fraction of sp³-hybridized carbons (Fsp3) is 0.185. The van der Waals surface area contributed by atoms with Gasteiger partial charge in [-0.25, -0.2) is 4.39 Å². The number of anilines is 1. The molecule has 172 valence electrons. The number of rotatable bonds is 6. The van der Waals surface area contributed by atoms with Crippen LogP contribution in [0.1, 0.15) is 16.7 Å². The largest absolute Gasteiger partial charge is 0.493 e. The average Bonchev–Trinajstić information content (AvgIpc) is 3.38. The Hall–Kier alpha value is -4.13. The first-order chi connectivity index (χ1) is 16.5. The van der Waals surface area contributed by atoms with Crippen LogP contribution in [0, 0.1) is 5.82 Å². The van der Waals surface area contributed by atoms with Crippen LogP contribution in [-0.2, 0) is 22.6 Å². The van der Waals surface area contributed by atoms with Crippen molar-refractivity contribution in [2.24, 2.45) is 0 Å². The van der Waals surface area contributed by atoms with Crippen molar-refractivity contribution in [3.05, 3.63) is 94.9 Å². The number of fused-ring (bicyclic) bond motifs is 1. The summed E-state index contributed by atoms with van der Waals surface area (Å²) in [5.41, 5.74) is 3.36. The maximum absolute atomic E-state index is 14.4. The number of hydrogen-bond acceptors (Lipinski definition) is 5. The van der Waals surface area contributed by atoms with Crippen LogP contribution in [0.15, 0.2) is 72.4 Å². The lowest BCUT2D eigenvalue weighted by molar-refractivity contribution is -0.137. The molecule has 2 aliphatic rings. The van der Waals surface area contributed by atoms with Gasteiger partial charge < -0.3 is 14.4 Å². The predicted molar refractivity (Wildman–Crippen MR) is 126 cm³/mol. The standard InChI is InChI=1S/C27H23FN2O4/c1-33-22-12-11-18(15-23(22)34-2)24-25(29-14-13-17-7-4-6-10-21(17)29)27(32)30(26(24)31)16-19-8-3-5-9-20(19)28/h3-12,15H,13-14,16H2,1-2H3. The van der Waals surface area contributed by atoms with Gasteiger partial charge in [-0.05, 0) is 41.8 Å². The molecule has 5 rings (SSSR count). The number of carbonyl (C=O) groups is 2. The van der Waals surface area contributed by atoms with E-state index in [1.165, 1.54) is 20.3 Å². The van der Waals surface area contributed by atoms with E-state index in [9.17, 15) is 14.0 Å². The summed E-state index contributed by atoms with van der Waals surface area (Å²) in [4.78, 5) is 30.4. The lowest BCUT2D eigenvalue weighted by atomic mass is 10.0. The van der Waals surface area contributed by atoms with Gasteiger partial charge in [0.25, 0.3) is 11.8 Å². The number of methoxy groups -OCH3 is 2. The summed E-state index contributed by atoms with van der Waals surface area (Å²) in [5, 5.41) is 0. The highest BCUT2D eigenvalue weighted by atomic mass is 19.1. The third-order valence-corrected chi connectivity index (χ3v) is 6.26. The van der Waals surface area contributed by atoms with Gasteiger partial charge in [0.05, 0.1) is 26.3 Å². The van der Waals surface area contributed by atoms with Crippen LogP contribution >= 0.6 is 0 Å². The second-order valence-corrected chi connectivity index (χ2v) is 8.11. The van der Waals surface area contributed by atoms with Crippen molar-refractivity contribution in [3.8, 4) is 11.5 Å². The third kappa shape index (κ3) is 3.50. The van der Waals surface area contributed by atoms with Crippen LogP contribution in [0.3, 0.4) is 0 Å². The molecule has 0 saturated heterocycles. The lowest BCUT2D eigenvalue weighted by Gasteiger charge is -2.22. The van der Waals surface area contributed by atoms with E-state index in [1.807, 2.05) is 29.2 Å². The van der Waals surface area contributed by atoms with Gasteiger partial charge in [0.15, 0.2) is 11.5 Å². The summed E-state index contributed by atoms with van der Waals surface area (Å²) in [5.74, 6) is -0.424. The minimum Gasteiger partial charge on any atom is -0.493 e. The normalized spacial score (nSPS) is 15.3. The second-order valence-electron chi connectivity index (χ2n) is 8.11. The van der Waals surface area contributed by atoms with Crippen molar-refractivity contribution < 1.29 is 23.5 Å². The molecule has 34 heavy (non-hydrogen) atoms. The Morgan fingerprint density at radius 3 is 2.38 bits per heavy atom. The minimum atomic E-state index is -0.472. The summed E-state index contributed by atoms with van der Waals surface area (Å²) in [6, 6.07) is 19.1. The Bertz CT molecular complexity index is 1330. The van der Waals surface area contributed by atoms with E-state index in [-0.39, 0.29) is 17.7 Å². The molecule has 0 N–H and O–H groups in total. The molecule has 0 saturated carbocycles. The van der Waals surface area contributed by atoms with Crippen LogP contribution < -0.4 is 14.4 Å². The molecule has 3 aromatic rings. The molecule has 0 aromatic heterocycles. The van der Waals surface area contributed by atoms with Crippen molar-refractivity contribution in [2.45, 2.75) is 13.0 Å². The van der Waals surface area contributed by atoms with Crippen LogP contribution in [0.25, 0.3) is 5.57 Å². The first-order valence-corrected chi connectivity index (χ1v) is 10.9. The fourth-order valence-electron chi connectivity index (χ4n) is 4.58. The van der Waals surface area contributed by atoms with Crippen molar-refractivity contribution in [2.75, 3.05) is 25.7 Å². The van der Waals surface area contributed by atoms with E-state index in [2.05, 4.69) is 0 Å². The van der Waals surface area contributed by atoms with Gasteiger partial charge in [0.1, 0.15) is 11.5 Å². The molecule has 0 atom stereocenters. The quantitative estimate of drug-likeness (QED) is 0.519. The number of hydrogen-bond donors (Lipinski definition) is 0. The monoisotopic (exact) mass is 458 g/mol. The highest BCUT2D eigenvalue weighted by Crippen LogP contribution is 2.40. The highest BCUT2D eigenvalue weighted by molar-refractivity contribution is 6.36. The smallest absolute Gasteiger partial charge is 0.278 e. The van der Waals surface area contributed by atoms with Gasteiger partial charge >= 0.3 is 0 Å². The Morgan fingerprint density at radius 1 is 0.882 bits per heavy atom. The van der Waals surface area contributed by atoms with E-state index >= 15 is 0 Å². The molecular weight excluding hydrogens is 435 g/mol. The van der Waals surface area contributed by atoms with Crippen LogP contribution in [-0.4, -0.2) is 37.5 Å². The zero-order valence-electron chi connectivity index (χ0n) is 18.9. The van der Waals surface area contributed by atoms with Crippen molar-refractivity contribution >= 4 is 23.1 Å². The topological polar surface area (TPSA) is 59.1 Å². The number of ether oxygens (including phenoxy) is 2. The Balaban J connectivity index is 1.64. The predicted octanol–water partition coefficient (Wildman–Crippen LogP) is 4.19. The van der Waals surface area contributed by atoms with Gasteiger partial charge in [-0.15, -0.1) is 0 Å². The van der Waals surface area contributed by atoms with Gasteiger partial charge in [-0.3, -0.25) is 14.5 Å². The first kappa shape index (κ1) is 21.7. The molecule has 2 amide bonds. The van der Waals surface area contributed by atoms with E-state index in [1.54, 1.807) is 36.4 Å². The number of halogens is 1. The molecular formula is C27H23FN2O4. The molecule has 0 bridgehead atoms. The summed E-state index contributed by atoms with van der Waals surface area (Å²) < 4.78 is 25.2. The summed E-state index contributed by atoms with van der Waals surface area (Å²) >= 11 is 0. The van der Waals surface area contributed by atoms with Gasteiger partial charge in [0.2, 0.25) is 0 Å². The molecule has 0 unspecified atom stereocenters. The number of benzene rings is 3. The van der Waals surface area contributed by atoms with Gasteiger partial charge in [-0.2, -0.15) is 0 Å². The Kier molecular flexibility index (Phi) is 5.53. The fourth-order valence-corrected chi connectivity index (χ4v) is 4.58. The second kappa shape index (κ2) is 8.67. The van der Waals surface area contributed by atoms with E-state index in [0.29, 0.717) is 29.3 Å². The van der Waals surface area contributed by atoms with E-state index in [4.69, 9.17) is 9.47 Å². The number of carbonyl (C=O) groups excluding carboxylic acids is 2. The number of nitrogens with zero attached hydrogens (tertiary/aromatic N) is 2. The van der Waals surface area contributed by atoms with Crippen LogP contribution in [0.2, 0.25) is 0 Å². The zero-order valence-corrected chi connectivity index (χ0v) is 18.9. The molecule has 2 aliphatic heterocycles. The van der Waals surface area contributed by atoms with Gasteiger partial charge in [0, 0.05) is 17.8 Å². The molecule has 2 heterocycles. The highest BCUT2D eigenvalue weighted by Gasteiger charge is 2.43. The SMILES string of the molecule is COc1ccc(C2=C(N3CCc4ccccc43)C(=O)N(Cc3ccccc3F)C2=O)cc1OC. The molecule has 6 nitrogen and oxygen atoms in total. The van der Waals surface area contributed by atoms with Crippen LogP contribution in [0.4, 0.5) is 10.1 Å². The molecule has 7 heteroatoms. The average molecular weight is 458 g/mol. The first-order valence-electron chi connectivity index (χ1n) is 10.9. The minimum absolute atomic E-state index is 0.153. The maximum Gasteiger partial charge on any atom is 0.278 e. The third-order valence-electron chi connectivity index (χ3n) is 6.26.